The lowest BCUT2D eigenvalue weighted by molar-refractivity contribution is -0.118. The molecule has 1 saturated carbocycles. The third-order valence-electron chi connectivity index (χ3n) is 4.50. The summed E-state index contributed by atoms with van der Waals surface area (Å²) in [6.45, 7) is 6.64. The van der Waals surface area contributed by atoms with Crippen LogP contribution < -0.4 is 9.47 Å². The van der Waals surface area contributed by atoms with E-state index in [0.29, 0.717) is 13.2 Å². The molecule has 23 heavy (non-hydrogen) atoms. The number of carbonyl (C=O) groups excluding carboxylic acids is 1. The minimum Gasteiger partial charge on any atom is -0.486 e. The van der Waals surface area contributed by atoms with Crippen LogP contribution in [0.3, 0.4) is 0 Å². The van der Waals surface area contributed by atoms with Gasteiger partial charge < -0.3 is 9.47 Å². The lowest BCUT2D eigenvalue weighted by Crippen LogP contribution is -2.27. The Bertz CT molecular complexity index is 756. The first-order chi connectivity index (χ1) is 10.7. The summed E-state index contributed by atoms with van der Waals surface area (Å²) in [6.07, 6.45) is 2.31. The van der Waals surface area contributed by atoms with Crippen molar-refractivity contribution in [3.05, 3.63) is 23.8 Å². The highest BCUT2D eigenvalue weighted by Crippen LogP contribution is 2.50. The van der Waals surface area contributed by atoms with Crippen LogP contribution in [0.5, 0.6) is 11.5 Å². The number of amides is 1. The zero-order valence-electron chi connectivity index (χ0n) is 14.0. The van der Waals surface area contributed by atoms with Gasteiger partial charge in [-0.1, -0.05) is 6.07 Å². The highest BCUT2D eigenvalue weighted by Gasteiger charge is 2.45. The standard InChI is InChI=1S/C17H23NO4S/c1-17(2,3)23(4,20)18-16(19)13-10-12(13)11-5-6-14-15(9-11)22-8-7-21-14/h5-6,9,12-13H,7-8,10H2,1-4H3. The average molecular weight is 337 g/mol. The number of nitrogens with zero attached hydrogens (tertiary/aromatic N) is 1. The van der Waals surface area contributed by atoms with E-state index in [0.717, 1.165) is 23.5 Å². The van der Waals surface area contributed by atoms with E-state index in [1.807, 2.05) is 39.0 Å². The van der Waals surface area contributed by atoms with Crippen molar-refractivity contribution < 1.29 is 18.5 Å². The van der Waals surface area contributed by atoms with Crippen molar-refractivity contribution in [2.24, 2.45) is 10.3 Å². The molecular formula is C17H23NO4S. The minimum atomic E-state index is -2.54. The molecule has 0 aromatic heterocycles. The molecular weight excluding hydrogens is 314 g/mol. The lowest BCUT2D eigenvalue weighted by Gasteiger charge is -2.20. The summed E-state index contributed by atoms with van der Waals surface area (Å²) in [7, 11) is -2.54. The van der Waals surface area contributed by atoms with E-state index in [2.05, 4.69) is 4.36 Å². The Labute approximate surface area is 137 Å². The smallest absolute Gasteiger partial charge is 0.257 e. The van der Waals surface area contributed by atoms with Gasteiger partial charge in [0.25, 0.3) is 5.91 Å². The molecule has 1 fully saturated rings. The van der Waals surface area contributed by atoms with Gasteiger partial charge in [0, 0.05) is 16.9 Å². The van der Waals surface area contributed by atoms with Crippen molar-refractivity contribution in [1.82, 2.24) is 0 Å². The second-order valence-electron chi connectivity index (χ2n) is 7.20. The van der Waals surface area contributed by atoms with Gasteiger partial charge in [-0.05, 0) is 50.8 Å². The molecule has 0 bridgehead atoms. The summed E-state index contributed by atoms with van der Waals surface area (Å²) in [4.78, 5) is 12.3. The zero-order chi connectivity index (χ0) is 16.8. The van der Waals surface area contributed by atoms with Crippen molar-refractivity contribution in [3.63, 3.8) is 0 Å². The van der Waals surface area contributed by atoms with Crippen molar-refractivity contribution >= 4 is 15.6 Å². The number of rotatable bonds is 2. The van der Waals surface area contributed by atoms with Crippen LogP contribution in [-0.2, 0) is 14.5 Å². The molecule has 3 rings (SSSR count). The number of fused-ring (bicyclic) bond motifs is 1. The molecule has 1 aromatic rings. The maximum Gasteiger partial charge on any atom is 0.257 e. The third-order valence-corrected chi connectivity index (χ3v) is 7.30. The molecule has 1 aliphatic heterocycles. The fraction of sp³-hybridized carbons (Fsp3) is 0.588. The van der Waals surface area contributed by atoms with E-state index in [1.165, 1.54) is 0 Å². The molecule has 1 aromatic carbocycles. The van der Waals surface area contributed by atoms with Crippen LogP contribution in [0.25, 0.3) is 0 Å². The number of hydrogen-bond acceptors (Lipinski definition) is 4. The minimum absolute atomic E-state index is 0.136. The SMILES string of the molecule is CC(C)(C)S(C)(=O)=NC(=O)C1CC1c1ccc2c(c1)OCCO2. The quantitative estimate of drug-likeness (QED) is 0.832. The van der Waals surface area contributed by atoms with Gasteiger partial charge in [-0.15, -0.1) is 0 Å². The van der Waals surface area contributed by atoms with Crippen LogP contribution in [0.4, 0.5) is 0 Å². The van der Waals surface area contributed by atoms with E-state index in [1.54, 1.807) is 6.26 Å². The second-order valence-corrected chi connectivity index (χ2v) is 10.2. The largest absolute Gasteiger partial charge is 0.486 e. The Balaban J connectivity index is 1.76. The summed E-state index contributed by atoms with van der Waals surface area (Å²) in [5.41, 5.74) is 1.06. The highest BCUT2D eigenvalue weighted by atomic mass is 32.2. The van der Waals surface area contributed by atoms with Gasteiger partial charge in [-0.2, -0.15) is 4.36 Å². The summed E-state index contributed by atoms with van der Waals surface area (Å²) in [5.74, 6) is 1.21. The Hall–Kier alpha value is -1.56. The maximum atomic E-state index is 12.6. The van der Waals surface area contributed by atoms with Crippen LogP contribution in [0.2, 0.25) is 0 Å². The van der Waals surface area contributed by atoms with Crippen molar-refractivity contribution in [2.75, 3.05) is 19.5 Å². The summed E-state index contributed by atoms with van der Waals surface area (Å²) < 4.78 is 27.2. The van der Waals surface area contributed by atoms with E-state index in [9.17, 15) is 9.00 Å². The molecule has 3 atom stereocenters. The first-order valence-electron chi connectivity index (χ1n) is 7.84. The number of ether oxygens (including phenoxy) is 2. The third kappa shape index (κ3) is 3.22. The molecule has 1 heterocycles. The molecule has 1 amide bonds. The first kappa shape index (κ1) is 16.3. The Morgan fingerprint density at radius 3 is 2.52 bits per heavy atom. The van der Waals surface area contributed by atoms with Gasteiger partial charge in [0.2, 0.25) is 0 Å². The van der Waals surface area contributed by atoms with Gasteiger partial charge >= 0.3 is 0 Å². The molecule has 2 aliphatic rings. The maximum absolute atomic E-state index is 12.6. The van der Waals surface area contributed by atoms with E-state index in [4.69, 9.17) is 9.47 Å². The topological polar surface area (TPSA) is 65.0 Å². The Kier molecular flexibility index (Phi) is 3.91. The fourth-order valence-corrected chi connectivity index (χ4v) is 3.26. The molecule has 3 unspecified atom stereocenters. The molecule has 0 spiro atoms. The summed E-state index contributed by atoms with van der Waals surface area (Å²) >= 11 is 0. The van der Waals surface area contributed by atoms with Gasteiger partial charge in [0.15, 0.2) is 11.5 Å². The van der Waals surface area contributed by atoms with Gasteiger partial charge in [-0.25, -0.2) is 4.21 Å². The summed E-state index contributed by atoms with van der Waals surface area (Å²) in [5, 5.41) is 0. The van der Waals surface area contributed by atoms with E-state index in [-0.39, 0.29) is 17.7 Å². The van der Waals surface area contributed by atoms with E-state index >= 15 is 0 Å². The average Bonchev–Trinajstić information content (AvgIpc) is 3.25. The van der Waals surface area contributed by atoms with Gasteiger partial charge in [0.1, 0.15) is 13.2 Å². The number of carbonyl (C=O) groups is 1. The van der Waals surface area contributed by atoms with Crippen molar-refractivity contribution in [2.45, 2.75) is 37.9 Å². The Morgan fingerprint density at radius 1 is 1.22 bits per heavy atom. The molecule has 1 aliphatic carbocycles. The van der Waals surface area contributed by atoms with Crippen LogP contribution in [-0.4, -0.2) is 34.3 Å². The van der Waals surface area contributed by atoms with Gasteiger partial charge in [0.05, 0.1) is 9.73 Å². The number of benzene rings is 1. The van der Waals surface area contributed by atoms with Gasteiger partial charge in [-0.3, -0.25) is 4.79 Å². The molecule has 6 heteroatoms. The predicted molar refractivity (Wildman–Crippen MR) is 89.5 cm³/mol. The van der Waals surface area contributed by atoms with Crippen LogP contribution in [0.1, 0.15) is 38.7 Å². The van der Waals surface area contributed by atoms with Crippen LogP contribution in [0.15, 0.2) is 22.6 Å². The number of hydrogen-bond donors (Lipinski definition) is 0. The fourth-order valence-electron chi connectivity index (χ4n) is 2.50. The monoisotopic (exact) mass is 337 g/mol. The van der Waals surface area contributed by atoms with Crippen LogP contribution in [0, 0.1) is 5.92 Å². The van der Waals surface area contributed by atoms with Crippen molar-refractivity contribution in [3.8, 4) is 11.5 Å². The first-order valence-corrected chi connectivity index (χ1v) is 9.76. The molecule has 0 saturated heterocycles. The van der Waals surface area contributed by atoms with Crippen LogP contribution >= 0.6 is 0 Å². The normalized spacial score (nSPS) is 25.4. The highest BCUT2D eigenvalue weighted by molar-refractivity contribution is 7.94. The van der Waals surface area contributed by atoms with Crippen molar-refractivity contribution in [1.29, 1.82) is 0 Å². The zero-order valence-corrected chi connectivity index (χ0v) is 14.8. The molecule has 5 nitrogen and oxygen atoms in total. The predicted octanol–water partition coefficient (Wildman–Crippen LogP) is 2.98. The lowest BCUT2D eigenvalue weighted by atomic mass is 10.1. The Morgan fingerprint density at radius 2 is 1.87 bits per heavy atom. The van der Waals surface area contributed by atoms with E-state index < -0.39 is 14.5 Å². The summed E-state index contributed by atoms with van der Waals surface area (Å²) in [6, 6.07) is 5.80. The molecule has 0 radical (unpaired) electrons. The molecule has 0 N–H and O–H groups in total. The second kappa shape index (κ2) is 5.51. The molecule has 126 valence electrons.